The molecule has 10 nitrogen and oxygen atoms in total. The number of aromatic hydroxyl groups is 1. The van der Waals surface area contributed by atoms with Crippen molar-refractivity contribution in [1.29, 1.82) is 0 Å². The molecule has 0 unspecified atom stereocenters. The van der Waals surface area contributed by atoms with E-state index in [9.17, 15) is 30.3 Å². The van der Waals surface area contributed by atoms with Crippen LogP contribution in [0.15, 0.2) is 48.5 Å². The zero-order valence-electron chi connectivity index (χ0n) is 14.9. The van der Waals surface area contributed by atoms with Crippen molar-refractivity contribution in [3.63, 3.8) is 0 Å². The molecule has 0 saturated heterocycles. The number of hydrogen-bond donors (Lipinski definition) is 1. The molecular weight excluding hydrogens is 370 g/mol. The van der Waals surface area contributed by atoms with E-state index in [1.807, 2.05) is 0 Å². The topological polar surface area (TPSA) is 150 Å². The highest BCUT2D eigenvalue weighted by Gasteiger charge is 2.30. The SMILES string of the molecule is Cc1ccc2cc(C)ccc2c1.O=[N+]([O-])c1cc([N+](=O)[O-])c(O)c([N+](=O)[O-])c1. The summed E-state index contributed by atoms with van der Waals surface area (Å²) in [4.78, 5) is 27.8. The number of phenolic OH excluding ortho intramolecular Hbond substituents is 1. The third kappa shape index (κ3) is 4.55. The van der Waals surface area contributed by atoms with Gasteiger partial charge in [-0.3, -0.25) is 30.3 Å². The summed E-state index contributed by atoms with van der Waals surface area (Å²) < 4.78 is 0. The van der Waals surface area contributed by atoms with Crippen LogP contribution in [0.2, 0.25) is 0 Å². The molecule has 28 heavy (non-hydrogen) atoms. The largest absolute Gasteiger partial charge is 0.497 e. The van der Waals surface area contributed by atoms with Gasteiger partial charge in [0.1, 0.15) is 0 Å². The molecular formula is C18H15N3O7. The molecule has 0 fully saturated rings. The second kappa shape index (κ2) is 8.08. The summed E-state index contributed by atoms with van der Waals surface area (Å²) in [7, 11) is 0. The van der Waals surface area contributed by atoms with E-state index >= 15 is 0 Å². The maximum Gasteiger partial charge on any atom is 0.324 e. The monoisotopic (exact) mass is 385 g/mol. The van der Waals surface area contributed by atoms with Gasteiger partial charge in [0.2, 0.25) is 0 Å². The first-order chi connectivity index (χ1) is 13.1. The van der Waals surface area contributed by atoms with Gasteiger partial charge in [-0.25, -0.2) is 0 Å². The smallest absolute Gasteiger partial charge is 0.324 e. The van der Waals surface area contributed by atoms with E-state index in [-0.39, 0.29) is 0 Å². The molecule has 0 spiro atoms. The van der Waals surface area contributed by atoms with E-state index in [1.165, 1.54) is 21.9 Å². The lowest BCUT2D eigenvalue weighted by molar-refractivity contribution is -0.404. The van der Waals surface area contributed by atoms with Crippen LogP contribution >= 0.6 is 0 Å². The summed E-state index contributed by atoms with van der Waals surface area (Å²) >= 11 is 0. The van der Waals surface area contributed by atoms with E-state index in [1.54, 1.807) is 0 Å². The van der Waals surface area contributed by atoms with Crippen LogP contribution in [-0.4, -0.2) is 19.9 Å². The molecule has 0 aliphatic rings. The lowest BCUT2D eigenvalue weighted by Crippen LogP contribution is -1.97. The minimum Gasteiger partial charge on any atom is -0.497 e. The summed E-state index contributed by atoms with van der Waals surface area (Å²) in [5, 5.41) is 42.9. The molecule has 0 saturated carbocycles. The third-order valence-corrected chi connectivity index (χ3v) is 3.81. The predicted octanol–water partition coefficient (Wildman–Crippen LogP) is 4.57. The van der Waals surface area contributed by atoms with Crippen molar-refractivity contribution in [3.8, 4) is 5.75 Å². The highest BCUT2D eigenvalue weighted by Crippen LogP contribution is 2.38. The average molecular weight is 385 g/mol. The van der Waals surface area contributed by atoms with Crippen LogP contribution in [-0.2, 0) is 0 Å². The summed E-state index contributed by atoms with van der Waals surface area (Å²) in [6.45, 7) is 4.25. The summed E-state index contributed by atoms with van der Waals surface area (Å²) in [5.74, 6) is -1.21. The Morgan fingerprint density at radius 3 is 1.39 bits per heavy atom. The number of nitro groups is 3. The first-order valence-electron chi connectivity index (χ1n) is 7.87. The summed E-state index contributed by atoms with van der Waals surface area (Å²) in [5.41, 5.74) is -0.351. The van der Waals surface area contributed by atoms with Crippen molar-refractivity contribution >= 4 is 27.8 Å². The minimum absolute atomic E-state index is 0.447. The van der Waals surface area contributed by atoms with Crippen LogP contribution in [0.4, 0.5) is 17.1 Å². The van der Waals surface area contributed by atoms with Crippen LogP contribution in [0.1, 0.15) is 11.1 Å². The second-order valence-electron chi connectivity index (χ2n) is 5.96. The molecule has 3 aromatic rings. The van der Waals surface area contributed by atoms with Gasteiger partial charge in [-0.1, -0.05) is 47.5 Å². The van der Waals surface area contributed by atoms with Gasteiger partial charge >= 0.3 is 11.4 Å². The Kier molecular flexibility index (Phi) is 5.84. The first-order valence-corrected chi connectivity index (χ1v) is 7.87. The Labute approximate surface area is 158 Å². The zero-order valence-corrected chi connectivity index (χ0v) is 14.9. The van der Waals surface area contributed by atoms with E-state index < -0.39 is 37.6 Å². The number of nitro benzene ring substituents is 3. The van der Waals surface area contributed by atoms with E-state index in [0.717, 1.165) is 0 Å². The summed E-state index contributed by atoms with van der Waals surface area (Å²) in [6, 6.07) is 14.0. The molecule has 0 radical (unpaired) electrons. The molecule has 3 rings (SSSR count). The maximum atomic E-state index is 10.4. The number of hydrogen-bond acceptors (Lipinski definition) is 7. The van der Waals surface area contributed by atoms with Crippen molar-refractivity contribution in [3.05, 3.63) is 90.0 Å². The number of fused-ring (bicyclic) bond motifs is 1. The molecule has 0 aliphatic carbocycles. The van der Waals surface area contributed by atoms with Crippen LogP contribution in [0.3, 0.4) is 0 Å². The number of benzene rings is 3. The van der Waals surface area contributed by atoms with Gasteiger partial charge in [0.15, 0.2) is 0 Å². The molecule has 0 bridgehead atoms. The first kappa shape index (κ1) is 20.2. The van der Waals surface area contributed by atoms with E-state index in [2.05, 4.69) is 50.2 Å². The molecule has 1 N–H and O–H groups in total. The number of phenols is 1. The van der Waals surface area contributed by atoms with Crippen LogP contribution in [0.25, 0.3) is 10.8 Å². The van der Waals surface area contributed by atoms with E-state index in [4.69, 9.17) is 5.11 Å². The normalized spacial score (nSPS) is 10.1. The highest BCUT2D eigenvalue weighted by atomic mass is 16.6. The van der Waals surface area contributed by atoms with Crippen LogP contribution < -0.4 is 0 Å². The Balaban J connectivity index is 0.000000207. The quantitative estimate of drug-likeness (QED) is 0.512. The fraction of sp³-hybridized carbons (Fsp3) is 0.111. The van der Waals surface area contributed by atoms with Crippen LogP contribution in [0, 0.1) is 44.2 Å². The second-order valence-corrected chi connectivity index (χ2v) is 5.96. The highest BCUT2D eigenvalue weighted by molar-refractivity contribution is 5.83. The Morgan fingerprint density at radius 1 is 0.679 bits per heavy atom. The number of aryl methyl sites for hydroxylation is 2. The van der Waals surface area contributed by atoms with Crippen LogP contribution in [0.5, 0.6) is 5.75 Å². The molecule has 0 aromatic heterocycles. The maximum absolute atomic E-state index is 10.4. The lowest BCUT2D eigenvalue weighted by Gasteiger charge is -1.99. The average Bonchev–Trinajstić information content (AvgIpc) is 2.62. The van der Waals surface area contributed by atoms with Gasteiger partial charge in [-0.05, 0) is 24.6 Å². The molecule has 0 atom stereocenters. The molecule has 3 aromatic carbocycles. The standard InChI is InChI=1S/C12H12.C6H3N3O7/c1-9-3-5-12-8-10(2)4-6-11(12)7-9;10-6-4(8(13)14)1-3(7(11)12)2-5(6)9(15)16/h3-8H,1-2H3;1-2,10H. The lowest BCUT2D eigenvalue weighted by atomic mass is 10.1. The van der Waals surface area contributed by atoms with Gasteiger partial charge < -0.3 is 5.11 Å². The molecule has 144 valence electrons. The molecule has 0 amide bonds. The van der Waals surface area contributed by atoms with Crippen molar-refractivity contribution in [2.24, 2.45) is 0 Å². The molecule has 10 heteroatoms. The van der Waals surface area contributed by atoms with Gasteiger partial charge in [-0.15, -0.1) is 0 Å². The van der Waals surface area contributed by atoms with Crippen molar-refractivity contribution in [2.45, 2.75) is 13.8 Å². The van der Waals surface area contributed by atoms with Gasteiger partial charge in [-0.2, -0.15) is 0 Å². The third-order valence-electron chi connectivity index (χ3n) is 3.81. The molecule has 0 aliphatic heterocycles. The number of nitrogens with zero attached hydrogens (tertiary/aromatic N) is 3. The number of non-ortho nitro benzene ring substituents is 1. The zero-order chi connectivity index (χ0) is 21.0. The Morgan fingerprint density at radius 2 is 1.07 bits per heavy atom. The van der Waals surface area contributed by atoms with Gasteiger partial charge in [0.05, 0.1) is 26.9 Å². The van der Waals surface area contributed by atoms with E-state index in [0.29, 0.717) is 12.1 Å². The Hall–Kier alpha value is -4.08. The van der Waals surface area contributed by atoms with Crippen molar-refractivity contribution in [2.75, 3.05) is 0 Å². The molecule has 0 heterocycles. The summed E-state index contributed by atoms with van der Waals surface area (Å²) in [6.07, 6.45) is 0. The predicted molar refractivity (Wildman–Crippen MR) is 101 cm³/mol. The fourth-order valence-corrected chi connectivity index (χ4v) is 2.46. The van der Waals surface area contributed by atoms with Crippen molar-refractivity contribution < 1.29 is 19.9 Å². The minimum atomic E-state index is -1.21. The van der Waals surface area contributed by atoms with Crippen molar-refractivity contribution in [1.82, 2.24) is 0 Å². The fourth-order valence-electron chi connectivity index (χ4n) is 2.46. The van der Waals surface area contributed by atoms with Gasteiger partial charge in [0.25, 0.3) is 11.4 Å². The van der Waals surface area contributed by atoms with Gasteiger partial charge in [0, 0.05) is 0 Å². The Bertz CT molecular complexity index is 1020. The number of rotatable bonds is 3.